The average Bonchev–Trinajstić information content (AvgIpc) is 2.35. The fourth-order valence-electron chi connectivity index (χ4n) is 1.38. The third-order valence-corrected chi connectivity index (χ3v) is 2.99. The second-order valence-electron chi connectivity index (χ2n) is 3.44. The van der Waals surface area contributed by atoms with Gasteiger partial charge in [0.25, 0.3) is 0 Å². The summed E-state index contributed by atoms with van der Waals surface area (Å²) in [4.78, 5) is 21.6. The lowest BCUT2D eigenvalue weighted by Gasteiger charge is -2.07. The molecule has 18 heavy (non-hydrogen) atoms. The van der Waals surface area contributed by atoms with Gasteiger partial charge in [0.1, 0.15) is 0 Å². The number of phenols is 1. The fourth-order valence-corrected chi connectivity index (χ4v) is 1.80. The second-order valence-corrected chi connectivity index (χ2v) is 4.64. The maximum atomic E-state index is 10.9. The normalized spacial score (nSPS) is 10.6. The molecule has 0 unspecified atom stereocenters. The highest BCUT2D eigenvalue weighted by Gasteiger charge is 2.10. The monoisotopic (exact) mass is 266 g/mol. The molecule has 1 rings (SSSR count). The minimum atomic E-state index is -0.0776. The van der Waals surface area contributed by atoms with Crippen molar-refractivity contribution in [1.82, 2.24) is 0 Å². The number of aromatic hydroxyl groups is 1. The van der Waals surface area contributed by atoms with Gasteiger partial charge in [-0.05, 0) is 12.1 Å². The zero-order valence-corrected chi connectivity index (χ0v) is 11.0. The van der Waals surface area contributed by atoms with E-state index in [2.05, 4.69) is 0 Å². The summed E-state index contributed by atoms with van der Waals surface area (Å²) in [7, 11) is 1.44. The summed E-state index contributed by atoms with van der Waals surface area (Å²) in [5, 5.41) is 9.92. The number of thioether (sulfide) groups is 1. The number of hydrogen-bond donors (Lipinski definition) is 1. The van der Waals surface area contributed by atoms with Gasteiger partial charge in [0.2, 0.25) is 0 Å². The highest BCUT2D eigenvalue weighted by Crippen LogP contribution is 2.32. The smallest absolute Gasteiger partial charge is 0.186 e. The summed E-state index contributed by atoms with van der Waals surface area (Å²) in [5.74, 6) is 0.718. The van der Waals surface area contributed by atoms with Crippen LogP contribution in [0.1, 0.15) is 22.8 Å². The van der Waals surface area contributed by atoms with Crippen LogP contribution in [0.4, 0.5) is 0 Å². The zero-order chi connectivity index (χ0) is 13.5. The molecule has 0 fully saturated rings. The lowest BCUT2D eigenvalue weighted by Crippen LogP contribution is -1.91. The number of rotatable bonds is 5. The summed E-state index contributed by atoms with van der Waals surface area (Å²) >= 11 is 1.15. The SMILES string of the molecule is COc1ccc(C=O)c(C=CCSC(C)=O)c1O. The Balaban J connectivity index is 2.98. The molecule has 0 atom stereocenters. The molecule has 96 valence electrons. The number of hydrogen-bond acceptors (Lipinski definition) is 5. The Hall–Kier alpha value is -1.75. The third-order valence-electron chi connectivity index (χ3n) is 2.23. The largest absolute Gasteiger partial charge is 0.504 e. The van der Waals surface area contributed by atoms with Gasteiger partial charge in [0.05, 0.1) is 7.11 Å². The first-order valence-corrected chi connectivity index (χ1v) is 6.23. The molecule has 4 nitrogen and oxygen atoms in total. The molecule has 0 aliphatic rings. The van der Waals surface area contributed by atoms with Crippen molar-refractivity contribution < 1.29 is 19.4 Å². The van der Waals surface area contributed by atoms with Gasteiger partial charge in [0.15, 0.2) is 22.9 Å². The van der Waals surface area contributed by atoms with Crippen molar-refractivity contribution in [3.05, 3.63) is 29.3 Å². The quantitative estimate of drug-likeness (QED) is 0.830. The van der Waals surface area contributed by atoms with Crippen molar-refractivity contribution in [1.29, 1.82) is 0 Å². The Kier molecular flexibility index (Phi) is 5.45. The molecule has 1 aromatic carbocycles. The van der Waals surface area contributed by atoms with Crippen LogP contribution >= 0.6 is 11.8 Å². The maximum absolute atomic E-state index is 10.9. The van der Waals surface area contributed by atoms with Crippen LogP contribution in [0.3, 0.4) is 0 Å². The number of ether oxygens (including phenoxy) is 1. The van der Waals surface area contributed by atoms with Gasteiger partial charge >= 0.3 is 0 Å². The first kappa shape index (κ1) is 14.3. The first-order chi connectivity index (χ1) is 8.60. The molecule has 0 aliphatic heterocycles. The van der Waals surface area contributed by atoms with Crippen molar-refractivity contribution in [3.63, 3.8) is 0 Å². The fraction of sp³-hybridized carbons (Fsp3) is 0.231. The summed E-state index contributed by atoms with van der Waals surface area (Å²) in [6.07, 6.45) is 3.99. The van der Waals surface area contributed by atoms with E-state index in [1.807, 2.05) is 0 Å². The summed E-state index contributed by atoms with van der Waals surface area (Å²) in [5.41, 5.74) is 0.769. The minimum Gasteiger partial charge on any atom is -0.504 e. The first-order valence-electron chi connectivity index (χ1n) is 5.25. The van der Waals surface area contributed by atoms with Gasteiger partial charge in [-0.2, -0.15) is 0 Å². The molecule has 0 aliphatic carbocycles. The molecule has 0 saturated carbocycles. The predicted octanol–water partition coefficient (Wildman–Crippen LogP) is 2.51. The molecule has 0 heterocycles. The Morgan fingerprint density at radius 1 is 1.50 bits per heavy atom. The van der Waals surface area contributed by atoms with Crippen LogP contribution in [0.5, 0.6) is 11.5 Å². The molecule has 0 spiro atoms. The Morgan fingerprint density at radius 2 is 2.22 bits per heavy atom. The molecule has 0 bridgehead atoms. The highest BCUT2D eigenvalue weighted by atomic mass is 32.2. The second kappa shape index (κ2) is 6.86. The van der Waals surface area contributed by atoms with Gasteiger partial charge in [-0.3, -0.25) is 9.59 Å². The molecule has 0 saturated heterocycles. The van der Waals surface area contributed by atoms with Crippen LogP contribution in [-0.4, -0.2) is 29.4 Å². The van der Waals surface area contributed by atoms with E-state index in [4.69, 9.17) is 4.74 Å². The van der Waals surface area contributed by atoms with Crippen LogP contribution in [0.25, 0.3) is 6.08 Å². The van der Waals surface area contributed by atoms with Crippen molar-refractivity contribution >= 4 is 29.2 Å². The van der Waals surface area contributed by atoms with E-state index < -0.39 is 0 Å². The van der Waals surface area contributed by atoms with Crippen LogP contribution in [-0.2, 0) is 4.79 Å². The van der Waals surface area contributed by atoms with E-state index in [0.29, 0.717) is 28.9 Å². The Bertz CT molecular complexity index is 480. The topological polar surface area (TPSA) is 63.6 Å². The van der Waals surface area contributed by atoms with Gasteiger partial charge in [-0.15, -0.1) is 0 Å². The van der Waals surface area contributed by atoms with Gasteiger partial charge in [-0.1, -0.05) is 23.9 Å². The van der Waals surface area contributed by atoms with E-state index in [1.54, 1.807) is 18.2 Å². The molecule has 1 N–H and O–H groups in total. The number of benzene rings is 1. The predicted molar refractivity (Wildman–Crippen MR) is 72.2 cm³/mol. The van der Waals surface area contributed by atoms with E-state index in [1.165, 1.54) is 20.1 Å². The van der Waals surface area contributed by atoms with Gasteiger partial charge in [-0.25, -0.2) is 0 Å². The molecular formula is C13H14O4S. The molecule has 0 aromatic heterocycles. The minimum absolute atomic E-state index is 0.0186. The van der Waals surface area contributed by atoms with Crippen LogP contribution in [0.15, 0.2) is 18.2 Å². The molecule has 0 radical (unpaired) electrons. The standard InChI is InChI=1S/C13H14O4S/c1-9(15)18-7-3-4-11-10(8-14)5-6-12(17-2)13(11)16/h3-6,8,16H,7H2,1-2H3. The molecular weight excluding hydrogens is 252 g/mol. The van der Waals surface area contributed by atoms with Gasteiger partial charge < -0.3 is 9.84 Å². The molecule has 5 heteroatoms. The number of carbonyl (C=O) groups is 2. The van der Waals surface area contributed by atoms with Crippen molar-refractivity contribution in [2.45, 2.75) is 6.92 Å². The van der Waals surface area contributed by atoms with Crippen LogP contribution < -0.4 is 4.74 Å². The van der Waals surface area contributed by atoms with Crippen LogP contribution in [0, 0.1) is 0 Å². The Morgan fingerprint density at radius 3 is 2.78 bits per heavy atom. The number of phenolic OH excluding ortho intramolecular Hbond substituents is 1. The summed E-state index contributed by atoms with van der Waals surface area (Å²) in [6, 6.07) is 3.10. The summed E-state index contributed by atoms with van der Waals surface area (Å²) in [6.45, 7) is 1.48. The van der Waals surface area contributed by atoms with Gasteiger partial charge in [0, 0.05) is 23.8 Å². The number of carbonyl (C=O) groups excluding carboxylic acids is 2. The van der Waals surface area contributed by atoms with E-state index >= 15 is 0 Å². The summed E-state index contributed by atoms with van der Waals surface area (Å²) < 4.78 is 4.97. The Labute approximate surface area is 110 Å². The van der Waals surface area contributed by atoms with Crippen molar-refractivity contribution in [3.8, 4) is 11.5 Å². The lowest BCUT2D eigenvalue weighted by molar-refractivity contribution is -0.109. The number of aldehydes is 1. The molecule has 0 amide bonds. The van der Waals surface area contributed by atoms with E-state index in [-0.39, 0.29) is 10.9 Å². The highest BCUT2D eigenvalue weighted by molar-refractivity contribution is 8.13. The third kappa shape index (κ3) is 3.63. The van der Waals surface area contributed by atoms with Crippen molar-refractivity contribution in [2.75, 3.05) is 12.9 Å². The van der Waals surface area contributed by atoms with Crippen molar-refractivity contribution in [2.24, 2.45) is 0 Å². The number of methoxy groups -OCH3 is 1. The van der Waals surface area contributed by atoms with E-state index in [9.17, 15) is 14.7 Å². The zero-order valence-electron chi connectivity index (χ0n) is 10.2. The molecule has 1 aromatic rings. The maximum Gasteiger partial charge on any atom is 0.186 e. The van der Waals surface area contributed by atoms with E-state index in [0.717, 1.165) is 11.8 Å². The average molecular weight is 266 g/mol. The van der Waals surface area contributed by atoms with Crippen LogP contribution in [0.2, 0.25) is 0 Å². The lowest BCUT2D eigenvalue weighted by atomic mass is 10.1.